The molecule has 0 bridgehead atoms. The van der Waals surface area contributed by atoms with E-state index in [1.165, 1.54) is 10.4 Å². The molecule has 0 aliphatic carbocycles. The minimum Gasteiger partial charge on any atom is -0.324 e. The predicted molar refractivity (Wildman–Crippen MR) is 91.1 cm³/mol. The number of halogens is 1. The van der Waals surface area contributed by atoms with E-state index in [9.17, 15) is 4.79 Å². The summed E-state index contributed by atoms with van der Waals surface area (Å²) >= 11 is 4.06. The summed E-state index contributed by atoms with van der Waals surface area (Å²) < 4.78 is 1.07. The zero-order chi connectivity index (χ0) is 13.9. The Kier molecular flexibility index (Phi) is 4.38. The first-order chi connectivity index (χ1) is 9.72. The third-order valence-corrected chi connectivity index (χ3v) is 5.37. The lowest BCUT2D eigenvalue weighted by atomic mass is 10.1. The topological polar surface area (TPSA) is 32.3 Å². The van der Waals surface area contributed by atoms with Gasteiger partial charge in [-0.05, 0) is 58.2 Å². The van der Waals surface area contributed by atoms with Gasteiger partial charge in [-0.2, -0.15) is 0 Å². The van der Waals surface area contributed by atoms with Crippen molar-refractivity contribution in [2.24, 2.45) is 0 Å². The number of fused-ring (bicyclic) bond motifs is 1. The maximum atomic E-state index is 12.1. The Morgan fingerprint density at radius 2 is 2.20 bits per heavy atom. The second-order valence-electron chi connectivity index (χ2n) is 4.86. The van der Waals surface area contributed by atoms with Gasteiger partial charge in [0.1, 0.15) is 0 Å². The van der Waals surface area contributed by atoms with Crippen molar-refractivity contribution >= 4 is 45.5 Å². The zero-order valence-corrected chi connectivity index (χ0v) is 13.9. The van der Waals surface area contributed by atoms with Crippen molar-refractivity contribution in [3.63, 3.8) is 0 Å². The second-order valence-corrected chi connectivity index (χ2v) is 7.02. The third-order valence-electron chi connectivity index (χ3n) is 3.40. The van der Waals surface area contributed by atoms with Crippen LogP contribution in [-0.4, -0.2) is 23.9 Å². The van der Waals surface area contributed by atoms with Crippen molar-refractivity contribution in [1.29, 1.82) is 0 Å². The molecule has 0 unspecified atom stereocenters. The van der Waals surface area contributed by atoms with Gasteiger partial charge in [0.2, 0.25) is 5.91 Å². The van der Waals surface area contributed by atoms with Crippen LogP contribution in [0.2, 0.25) is 0 Å². The van der Waals surface area contributed by atoms with Crippen LogP contribution in [-0.2, 0) is 17.8 Å². The highest BCUT2D eigenvalue weighted by atomic mass is 127. The summed E-state index contributed by atoms with van der Waals surface area (Å²) in [6.45, 7) is 2.31. The van der Waals surface area contributed by atoms with Gasteiger partial charge in [-0.25, -0.2) is 0 Å². The van der Waals surface area contributed by atoms with E-state index in [2.05, 4.69) is 44.3 Å². The van der Waals surface area contributed by atoms with E-state index in [0.717, 1.165) is 28.8 Å². The number of nitrogens with one attached hydrogen (secondary N) is 1. The molecule has 0 fully saturated rings. The Morgan fingerprint density at radius 1 is 1.35 bits per heavy atom. The average molecular weight is 398 g/mol. The molecule has 3 rings (SSSR count). The Hall–Kier alpha value is -0.920. The molecule has 20 heavy (non-hydrogen) atoms. The minimum atomic E-state index is 0.0628. The number of rotatable bonds is 3. The van der Waals surface area contributed by atoms with E-state index in [-0.39, 0.29) is 5.91 Å². The maximum absolute atomic E-state index is 12.1. The van der Waals surface area contributed by atoms with Gasteiger partial charge in [0.15, 0.2) is 0 Å². The molecule has 5 heteroatoms. The molecule has 3 nitrogen and oxygen atoms in total. The summed E-state index contributed by atoms with van der Waals surface area (Å²) in [5.41, 5.74) is 2.27. The molecular formula is C15H15IN2OS. The van der Waals surface area contributed by atoms with Gasteiger partial charge in [0.25, 0.3) is 0 Å². The van der Waals surface area contributed by atoms with Crippen molar-refractivity contribution in [2.75, 3.05) is 18.4 Å². The van der Waals surface area contributed by atoms with Crippen molar-refractivity contribution in [1.82, 2.24) is 4.90 Å². The molecule has 1 amide bonds. The lowest BCUT2D eigenvalue weighted by Gasteiger charge is -2.26. The summed E-state index contributed by atoms with van der Waals surface area (Å²) in [6.07, 6.45) is 1.06. The molecule has 2 aromatic rings. The second kappa shape index (κ2) is 6.24. The van der Waals surface area contributed by atoms with Crippen molar-refractivity contribution < 1.29 is 4.79 Å². The quantitative estimate of drug-likeness (QED) is 0.805. The average Bonchev–Trinajstić information content (AvgIpc) is 2.89. The van der Waals surface area contributed by atoms with Crippen molar-refractivity contribution in [3.8, 4) is 0 Å². The summed E-state index contributed by atoms with van der Waals surface area (Å²) in [5, 5.41) is 5.13. The van der Waals surface area contributed by atoms with Crippen LogP contribution in [0.4, 0.5) is 5.69 Å². The number of thiophene rings is 1. The van der Waals surface area contributed by atoms with E-state index in [4.69, 9.17) is 0 Å². The molecular weight excluding hydrogens is 383 g/mol. The first-order valence-corrected chi connectivity index (χ1v) is 8.50. The van der Waals surface area contributed by atoms with Gasteiger partial charge in [-0.15, -0.1) is 11.3 Å². The van der Waals surface area contributed by atoms with Crippen LogP contribution < -0.4 is 5.32 Å². The molecule has 1 aromatic carbocycles. The fourth-order valence-corrected chi connectivity index (χ4v) is 3.81. The van der Waals surface area contributed by atoms with Crippen LogP contribution in [0.5, 0.6) is 0 Å². The molecule has 1 aliphatic rings. The van der Waals surface area contributed by atoms with E-state index in [1.54, 1.807) is 0 Å². The van der Waals surface area contributed by atoms with Crippen LogP contribution in [0.15, 0.2) is 35.7 Å². The normalized spacial score (nSPS) is 14.8. The monoisotopic (exact) mass is 398 g/mol. The minimum absolute atomic E-state index is 0.0628. The lowest BCUT2D eigenvalue weighted by molar-refractivity contribution is -0.117. The molecule has 2 heterocycles. The SMILES string of the molecule is O=C(CN1CCc2sccc2C1)Nc1ccccc1I. The summed E-state index contributed by atoms with van der Waals surface area (Å²) in [5.74, 6) is 0.0628. The Bertz CT molecular complexity index is 626. The van der Waals surface area contributed by atoms with E-state index in [0.29, 0.717) is 6.54 Å². The Morgan fingerprint density at radius 3 is 3.05 bits per heavy atom. The van der Waals surface area contributed by atoms with Crippen molar-refractivity contribution in [2.45, 2.75) is 13.0 Å². The van der Waals surface area contributed by atoms with Crippen LogP contribution in [0.3, 0.4) is 0 Å². The smallest absolute Gasteiger partial charge is 0.238 e. The zero-order valence-electron chi connectivity index (χ0n) is 10.9. The maximum Gasteiger partial charge on any atom is 0.238 e. The first kappa shape index (κ1) is 14.0. The van der Waals surface area contributed by atoms with Gasteiger partial charge in [-0.3, -0.25) is 9.69 Å². The molecule has 1 N–H and O–H groups in total. The number of para-hydroxylation sites is 1. The van der Waals surface area contributed by atoms with Crippen LogP contribution in [0.25, 0.3) is 0 Å². The van der Waals surface area contributed by atoms with Gasteiger partial charge < -0.3 is 5.32 Å². The fraction of sp³-hybridized carbons (Fsp3) is 0.267. The lowest BCUT2D eigenvalue weighted by Crippen LogP contribution is -2.36. The first-order valence-electron chi connectivity index (χ1n) is 6.54. The highest BCUT2D eigenvalue weighted by Crippen LogP contribution is 2.24. The number of nitrogens with zero attached hydrogens (tertiary/aromatic N) is 1. The van der Waals surface area contributed by atoms with E-state index in [1.807, 2.05) is 35.6 Å². The van der Waals surface area contributed by atoms with Gasteiger partial charge in [0.05, 0.1) is 12.2 Å². The number of hydrogen-bond acceptors (Lipinski definition) is 3. The van der Waals surface area contributed by atoms with E-state index < -0.39 is 0 Å². The number of amides is 1. The molecule has 0 atom stereocenters. The number of carbonyl (C=O) groups excluding carboxylic acids is 1. The number of carbonyl (C=O) groups is 1. The predicted octanol–water partition coefficient (Wildman–Crippen LogP) is 3.35. The van der Waals surface area contributed by atoms with E-state index >= 15 is 0 Å². The number of anilines is 1. The number of hydrogen-bond donors (Lipinski definition) is 1. The largest absolute Gasteiger partial charge is 0.324 e. The molecule has 0 saturated carbocycles. The highest BCUT2D eigenvalue weighted by Gasteiger charge is 2.19. The fourth-order valence-electron chi connectivity index (χ4n) is 2.40. The molecule has 0 spiro atoms. The summed E-state index contributed by atoms with van der Waals surface area (Å²) in [7, 11) is 0. The Balaban J connectivity index is 1.59. The van der Waals surface area contributed by atoms with Crippen molar-refractivity contribution in [3.05, 3.63) is 49.7 Å². The van der Waals surface area contributed by atoms with Gasteiger partial charge in [0, 0.05) is 21.5 Å². The van der Waals surface area contributed by atoms with Crippen LogP contribution in [0.1, 0.15) is 10.4 Å². The van der Waals surface area contributed by atoms with Gasteiger partial charge >= 0.3 is 0 Å². The molecule has 0 radical (unpaired) electrons. The van der Waals surface area contributed by atoms with Gasteiger partial charge in [-0.1, -0.05) is 12.1 Å². The molecule has 0 saturated heterocycles. The Labute approximate surface area is 136 Å². The molecule has 1 aliphatic heterocycles. The molecule has 1 aromatic heterocycles. The van der Waals surface area contributed by atoms with Crippen LogP contribution in [0, 0.1) is 3.57 Å². The summed E-state index contributed by atoms with van der Waals surface area (Å²) in [4.78, 5) is 15.8. The highest BCUT2D eigenvalue weighted by molar-refractivity contribution is 14.1. The van der Waals surface area contributed by atoms with Crippen LogP contribution >= 0.6 is 33.9 Å². The standard InChI is InChI=1S/C15H15IN2OS/c16-12-3-1-2-4-13(12)17-15(19)10-18-7-5-14-11(9-18)6-8-20-14/h1-4,6,8H,5,7,9-10H2,(H,17,19). The molecule has 104 valence electrons. The summed E-state index contributed by atoms with van der Waals surface area (Å²) in [6, 6.07) is 10.0. The number of benzene rings is 1. The third kappa shape index (κ3) is 3.21.